The van der Waals surface area contributed by atoms with E-state index in [2.05, 4.69) is 16.9 Å². The SMILES string of the molecule is C=C[C@@H]1C[C@]1(NC(=O)[C@@H]1C[C@@H](Oc2cc(-c3cccc(C)n3)nc3c(C)c(OC)ccc23)C[C@H]1C(=O)OC(C)(C)C)C(=O)OCC. The lowest BCUT2D eigenvalue weighted by Gasteiger charge is -2.25. The van der Waals surface area contributed by atoms with Crippen LogP contribution >= 0.6 is 0 Å². The van der Waals surface area contributed by atoms with Gasteiger partial charge in [0, 0.05) is 28.6 Å². The van der Waals surface area contributed by atoms with Crippen LogP contribution in [0, 0.1) is 31.6 Å². The lowest BCUT2D eigenvalue weighted by Crippen LogP contribution is -2.49. The molecule has 244 valence electrons. The fourth-order valence-electron chi connectivity index (χ4n) is 6.28. The molecule has 1 aromatic carbocycles. The molecule has 1 amide bonds. The van der Waals surface area contributed by atoms with Gasteiger partial charge in [0.15, 0.2) is 0 Å². The number of hydrogen-bond donors (Lipinski definition) is 1. The maximum absolute atomic E-state index is 13.9. The molecule has 2 saturated carbocycles. The number of hydrogen-bond acceptors (Lipinski definition) is 9. The number of esters is 2. The summed E-state index contributed by atoms with van der Waals surface area (Å²) in [5, 5.41) is 3.70. The molecule has 0 bridgehead atoms. The zero-order chi connectivity index (χ0) is 33.4. The molecule has 2 fully saturated rings. The van der Waals surface area contributed by atoms with Gasteiger partial charge in [-0.15, -0.1) is 6.58 Å². The van der Waals surface area contributed by atoms with E-state index in [1.165, 1.54) is 0 Å². The number of amides is 1. The molecule has 10 heteroatoms. The van der Waals surface area contributed by atoms with Crippen LogP contribution < -0.4 is 14.8 Å². The third-order valence-electron chi connectivity index (χ3n) is 8.66. The Morgan fingerprint density at radius 1 is 1.04 bits per heavy atom. The summed E-state index contributed by atoms with van der Waals surface area (Å²) in [7, 11) is 1.61. The van der Waals surface area contributed by atoms with Gasteiger partial charge in [-0.05, 0) is 85.1 Å². The van der Waals surface area contributed by atoms with Gasteiger partial charge in [0.25, 0.3) is 0 Å². The van der Waals surface area contributed by atoms with E-state index in [-0.39, 0.29) is 25.4 Å². The summed E-state index contributed by atoms with van der Waals surface area (Å²) in [4.78, 5) is 49.9. The molecule has 2 aliphatic carbocycles. The molecule has 2 heterocycles. The van der Waals surface area contributed by atoms with Crippen LogP contribution in [0.25, 0.3) is 22.3 Å². The van der Waals surface area contributed by atoms with E-state index in [1.807, 2.05) is 50.2 Å². The Balaban J connectivity index is 1.50. The van der Waals surface area contributed by atoms with Gasteiger partial charge in [-0.3, -0.25) is 14.6 Å². The van der Waals surface area contributed by atoms with E-state index >= 15 is 0 Å². The van der Waals surface area contributed by atoms with Crippen molar-refractivity contribution in [3.8, 4) is 22.9 Å². The molecule has 1 N–H and O–H groups in total. The van der Waals surface area contributed by atoms with Crippen molar-refractivity contribution in [2.75, 3.05) is 13.7 Å². The van der Waals surface area contributed by atoms with Crippen molar-refractivity contribution in [2.45, 2.75) is 78.0 Å². The summed E-state index contributed by atoms with van der Waals surface area (Å²) in [6.45, 7) is 14.9. The number of aromatic nitrogens is 2. The topological polar surface area (TPSA) is 126 Å². The number of ether oxygens (including phenoxy) is 4. The van der Waals surface area contributed by atoms with Crippen LogP contribution in [-0.2, 0) is 23.9 Å². The van der Waals surface area contributed by atoms with E-state index in [9.17, 15) is 14.4 Å². The van der Waals surface area contributed by atoms with Crippen molar-refractivity contribution in [1.82, 2.24) is 15.3 Å². The molecule has 5 atom stereocenters. The van der Waals surface area contributed by atoms with E-state index in [1.54, 1.807) is 40.9 Å². The number of nitrogens with one attached hydrogen (secondary N) is 1. The minimum absolute atomic E-state index is 0.186. The second kappa shape index (κ2) is 12.7. The zero-order valence-corrected chi connectivity index (χ0v) is 27.6. The Hall–Kier alpha value is -4.47. The van der Waals surface area contributed by atoms with Crippen molar-refractivity contribution in [1.29, 1.82) is 0 Å². The fourth-order valence-corrected chi connectivity index (χ4v) is 6.28. The smallest absolute Gasteiger partial charge is 0.332 e. The van der Waals surface area contributed by atoms with E-state index < -0.39 is 46.9 Å². The Labute approximate surface area is 269 Å². The quantitative estimate of drug-likeness (QED) is 0.223. The summed E-state index contributed by atoms with van der Waals surface area (Å²) in [6, 6.07) is 11.3. The number of rotatable bonds is 10. The molecule has 3 aromatic rings. The minimum atomic E-state index is -1.18. The summed E-state index contributed by atoms with van der Waals surface area (Å²) >= 11 is 0. The molecule has 2 aromatic heterocycles. The number of fused-ring (bicyclic) bond motifs is 1. The van der Waals surface area contributed by atoms with E-state index in [4.69, 9.17) is 23.9 Å². The summed E-state index contributed by atoms with van der Waals surface area (Å²) < 4.78 is 23.3. The van der Waals surface area contributed by atoms with Gasteiger partial charge in [0.2, 0.25) is 5.91 Å². The van der Waals surface area contributed by atoms with Gasteiger partial charge in [-0.2, -0.15) is 0 Å². The predicted octanol–water partition coefficient (Wildman–Crippen LogP) is 5.66. The Morgan fingerprint density at radius 3 is 2.41 bits per heavy atom. The molecule has 0 aliphatic heterocycles. The van der Waals surface area contributed by atoms with Gasteiger partial charge in [-0.25, -0.2) is 9.78 Å². The molecule has 0 spiro atoms. The average molecular weight is 630 g/mol. The molecular weight excluding hydrogens is 586 g/mol. The number of aryl methyl sites for hydroxylation is 2. The highest BCUT2D eigenvalue weighted by Gasteiger charge is 2.62. The maximum atomic E-state index is 13.9. The fraction of sp³-hybridized carbons (Fsp3) is 0.472. The van der Waals surface area contributed by atoms with Crippen molar-refractivity contribution in [3.05, 3.63) is 60.3 Å². The minimum Gasteiger partial charge on any atom is -0.496 e. The van der Waals surface area contributed by atoms with E-state index in [0.29, 0.717) is 34.8 Å². The monoisotopic (exact) mass is 629 g/mol. The highest BCUT2D eigenvalue weighted by atomic mass is 16.6. The number of carbonyl (C=O) groups excluding carboxylic acids is 3. The first-order valence-corrected chi connectivity index (χ1v) is 15.7. The second-order valence-corrected chi connectivity index (χ2v) is 13.1. The normalized spacial score (nSPS) is 23.8. The number of nitrogens with zero attached hydrogens (tertiary/aromatic N) is 2. The highest BCUT2D eigenvalue weighted by molar-refractivity contribution is 5.95. The Kier molecular flexibility index (Phi) is 9.11. The molecule has 5 rings (SSSR count). The van der Waals surface area contributed by atoms with Crippen LogP contribution in [-0.4, -0.2) is 58.8 Å². The average Bonchev–Trinajstić information content (AvgIpc) is 3.55. The van der Waals surface area contributed by atoms with Crippen molar-refractivity contribution in [3.63, 3.8) is 0 Å². The lowest BCUT2D eigenvalue weighted by atomic mass is 9.94. The number of methoxy groups -OCH3 is 1. The van der Waals surface area contributed by atoms with Crippen molar-refractivity contribution < 1.29 is 33.3 Å². The third kappa shape index (κ3) is 6.57. The summed E-state index contributed by atoms with van der Waals surface area (Å²) in [6.07, 6.45) is 2.03. The van der Waals surface area contributed by atoms with E-state index in [0.717, 1.165) is 16.6 Å². The van der Waals surface area contributed by atoms with Crippen molar-refractivity contribution in [2.24, 2.45) is 17.8 Å². The van der Waals surface area contributed by atoms with Crippen molar-refractivity contribution >= 4 is 28.7 Å². The first kappa shape index (κ1) is 32.9. The maximum Gasteiger partial charge on any atom is 0.332 e. The van der Waals surface area contributed by atoms with Gasteiger partial charge in [0.05, 0.1) is 42.5 Å². The van der Waals surface area contributed by atoms with Crippen LogP contribution in [0.5, 0.6) is 11.5 Å². The van der Waals surface area contributed by atoms with Crippen LogP contribution in [0.1, 0.15) is 58.2 Å². The van der Waals surface area contributed by atoms with Crippen LogP contribution in [0.3, 0.4) is 0 Å². The number of benzene rings is 1. The summed E-state index contributed by atoms with van der Waals surface area (Å²) in [5.41, 5.74) is 1.78. The first-order valence-electron chi connectivity index (χ1n) is 15.7. The highest BCUT2D eigenvalue weighted by Crippen LogP contribution is 2.47. The Morgan fingerprint density at radius 2 is 1.78 bits per heavy atom. The van der Waals surface area contributed by atoms with Gasteiger partial charge < -0.3 is 24.3 Å². The predicted molar refractivity (Wildman–Crippen MR) is 173 cm³/mol. The molecule has 0 radical (unpaired) electrons. The largest absolute Gasteiger partial charge is 0.496 e. The van der Waals surface area contributed by atoms with Gasteiger partial charge in [0.1, 0.15) is 28.7 Å². The molecule has 2 aliphatic rings. The van der Waals surface area contributed by atoms with Gasteiger partial charge >= 0.3 is 11.9 Å². The number of carbonyl (C=O) groups is 3. The zero-order valence-electron chi connectivity index (χ0n) is 27.6. The number of pyridine rings is 2. The summed E-state index contributed by atoms with van der Waals surface area (Å²) in [5.74, 6) is -1.97. The molecular formula is C36H43N3O7. The molecule has 10 nitrogen and oxygen atoms in total. The Bertz CT molecular complexity index is 1680. The molecule has 0 unspecified atom stereocenters. The molecule has 46 heavy (non-hydrogen) atoms. The van der Waals surface area contributed by atoms with Crippen LogP contribution in [0.15, 0.2) is 49.1 Å². The molecule has 0 saturated heterocycles. The lowest BCUT2D eigenvalue weighted by molar-refractivity contribution is -0.163. The standard InChI is InChI=1S/C36H43N3O7/c1-9-22-19-36(22,34(42)44-10-2)39-32(40)25-16-23(17-26(25)33(41)46-35(5,6)7)45-30-18-28(27-13-11-12-20(3)37-27)38-31-21(4)29(43-8)15-14-24(30)31/h9,11-15,18,22-23,25-26H,1,10,16-17,19H2,2-8H3,(H,39,40)/t22-,23-,25-,26-,36-/m1/s1. The van der Waals surface area contributed by atoms with Crippen LogP contribution in [0.4, 0.5) is 0 Å². The van der Waals surface area contributed by atoms with Crippen LogP contribution in [0.2, 0.25) is 0 Å². The third-order valence-corrected chi connectivity index (χ3v) is 8.66. The van der Waals surface area contributed by atoms with Gasteiger partial charge in [-0.1, -0.05) is 12.1 Å². The first-order chi connectivity index (χ1) is 21.8. The second-order valence-electron chi connectivity index (χ2n) is 13.1.